The highest BCUT2D eigenvalue weighted by Gasteiger charge is 2.09. The summed E-state index contributed by atoms with van der Waals surface area (Å²) in [5, 5.41) is 0. The van der Waals surface area contributed by atoms with Crippen molar-refractivity contribution in [2.75, 3.05) is 14.1 Å². The molecule has 0 aliphatic carbocycles. The van der Waals surface area contributed by atoms with Crippen molar-refractivity contribution in [1.82, 2.24) is 8.61 Å². The number of hydrogen-bond acceptors (Lipinski definition) is 4. The lowest BCUT2D eigenvalue weighted by atomic mass is 10.4. The smallest absolute Gasteiger partial charge is 0.257 e. The molecule has 0 heterocycles. The first kappa shape index (κ1) is 15.2. The number of likely N-dealkylation sites (N-methyl/N-ethyl adjacent to an activating group) is 2. The van der Waals surface area contributed by atoms with Gasteiger partial charge in [0.25, 0.3) is 5.91 Å². The van der Waals surface area contributed by atoms with Gasteiger partial charge in [-0.25, -0.2) is 0 Å². The molecule has 0 aromatic heterocycles. The number of amides is 1. The second-order valence-electron chi connectivity index (χ2n) is 3.00. The third kappa shape index (κ3) is 6.42. The molecule has 0 spiro atoms. The highest BCUT2D eigenvalue weighted by molar-refractivity contribution is 7.95. The maximum Gasteiger partial charge on any atom is 0.257 e. The molecule has 5 heteroatoms. The number of allylic oxidation sites excluding steroid dienone is 4. The van der Waals surface area contributed by atoms with Crippen molar-refractivity contribution in [3.8, 4) is 0 Å². The molecule has 92 valence electrons. The summed E-state index contributed by atoms with van der Waals surface area (Å²) in [6.07, 6.45) is 8.10. The van der Waals surface area contributed by atoms with Crippen LogP contribution in [0.5, 0.6) is 0 Å². The van der Waals surface area contributed by atoms with E-state index < -0.39 is 0 Å². The fraction of sp³-hybridized carbons (Fsp3) is 0.167. The van der Waals surface area contributed by atoms with Crippen molar-refractivity contribution >= 4 is 24.3 Å². The van der Waals surface area contributed by atoms with E-state index in [1.165, 1.54) is 22.5 Å². The van der Waals surface area contributed by atoms with Gasteiger partial charge in [0, 0.05) is 25.9 Å². The average molecular weight is 252 g/mol. The Morgan fingerprint density at radius 3 is 2.35 bits per heavy atom. The van der Waals surface area contributed by atoms with Gasteiger partial charge in [0.2, 0.25) is 0 Å². The monoisotopic (exact) mass is 252 g/mol. The summed E-state index contributed by atoms with van der Waals surface area (Å²) in [6.45, 7) is 7.38. The molecule has 0 aromatic carbocycles. The molecule has 0 radical (unpaired) electrons. The largest absolute Gasteiger partial charge is 0.302 e. The lowest BCUT2D eigenvalue weighted by molar-refractivity contribution is -0.120. The SMILES string of the molecule is C=C/C=C\C(=C)N(C)SN(C)C(=O)/C=C\C=O. The first-order valence-corrected chi connectivity index (χ1v) is 5.55. The Kier molecular flexibility index (Phi) is 7.54. The van der Waals surface area contributed by atoms with Crippen molar-refractivity contribution in [3.63, 3.8) is 0 Å². The van der Waals surface area contributed by atoms with Crippen LogP contribution in [0.3, 0.4) is 0 Å². The first-order chi connectivity index (χ1) is 8.02. The van der Waals surface area contributed by atoms with E-state index in [2.05, 4.69) is 13.2 Å². The maximum absolute atomic E-state index is 11.4. The van der Waals surface area contributed by atoms with Crippen LogP contribution in [-0.4, -0.2) is 34.9 Å². The second kappa shape index (κ2) is 8.41. The van der Waals surface area contributed by atoms with Gasteiger partial charge >= 0.3 is 0 Å². The van der Waals surface area contributed by atoms with Gasteiger partial charge in [-0.15, -0.1) is 0 Å². The Labute approximate surface area is 106 Å². The highest BCUT2D eigenvalue weighted by Crippen LogP contribution is 2.17. The molecule has 0 fully saturated rings. The molecule has 0 bridgehead atoms. The zero-order valence-corrected chi connectivity index (χ0v) is 10.8. The Morgan fingerprint density at radius 2 is 1.82 bits per heavy atom. The van der Waals surface area contributed by atoms with E-state index in [4.69, 9.17) is 0 Å². The number of nitrogens with zero attached hydrogens (tertiary/aromatic N) is 2. The zero-order valence-electron chi connectivity index (χ0n) is 10.00. The number of hydrogen-bond donors (Lipinski definition) is 0. The van der Waals surface area contributed by atoms with Crippen LogP contribution in [0.4, 0.5) is 0 Å². The minimum absolute atomic E-state index is 0.269. The molecule has 0 atom stereocenters. The Hall–Kier alpha value is -1.75. The van der Waals surface area contributed by atoms with Crippen LogP contribution in [0, 0.1) is 0 Å². The molecule has 1 amide bonds. The van der Waals surface area contributed by atoms with E-state index in [0.29, 0.717) is 6.29 Å². The fourth-order valence-electron chi connectivity index (χ4n) is 0.787. The summed E-state index contributed by atoms with van der Waals surface area (Å²) in [4.78, 5) is 21.5. The van der Waals surface area contributed by atoms with Crippen LogP contribution < -0.4 is 0 Å². The molecule has 0 N–H and O–H groups in total. The molecule has 0 unspecified atom stereocenters. The van der Waals surface area contributed by atoms with Gasteiger partial charge in [-0.2, -0.15) is 0 Å². The van der Waals surface area contributed by atoms with Crippen LogP contribution >= 0.6 is 12.1 Å². The van der Waals surface area contributed by atoms with E-state index in [1.54, 1.807) is 36.6 Å². The number of carbonyl (C=O) groups is 2. The summed E-state index contributed by atoms with van der Waals surface area (Å²) in [7, 11) is 3.40. The van der Waals surface area contributed by atoms with Crippen molar-refractivity contribution in [2.45, 2.75) is 0 Å². The molecule has 0 aliphatic heterocycles. The van der Waals surface area contributed by atoms with E-state index in [-0.39, 0.29) is 5.91 Å². The van der Waals surface area contributed by atoms with Crippen LogP contribution in [0.25, 0.3) is 0 Å². The van der Waals surface area contributed by atoms with E-state index in [1.807, 2.05) is 0 Å². The van der Waals surface area contributed by atoms with Gasteiger partial charge in [-0.05, 0) is 12.2 Å². The predicted molar refractivity (Wildman–Crippen MR) is 71.8 cm³/mol. The van der Waals surface area contributed by atoms with Crippen LogP contribution in [0.1, 0.15) is 0 Å². The van der Waals surface area contributed by atoms with Crippen molar-refractivity contribution in [3.05, 3.63) is 49.2 Å². The number of carbonyl (C=O) groups excluding carboxylic acids is 2. The Bertz CT molecular complexity index is 328. The van der Waals surface area contributed by atoms with Crippen molar-refractivity contribution < 1.29 is 9.59 Å². The summed E-state index contributed by atoms with van der Waals surface area (Å²) < 4.78 is 3.12. The molecular formula is C12H16N2O2S. The van der Waals surface area contributed by atoms with E-state index in [9.17, 15) is 9.59 Å². The normalized spacial score (nSPS) is 10.5. The summed E-state index contributed by atoms with van der Waals surface area (Å²) in [5.41, 5.74) is 0.730. The van der Waals surface area contributed by atoms with Gasteiger partial charge < -0.3 is 4.31 Å². The third-order valence-corrected chi connectivity index (χ3v) is 2.61. The minimum Gasteiger partial charge on any atom is -0.302 e. The van der Waals surface area contributed by atoms with Gasteiger partial charge in [-0.3, -0.25) is 13.9 Å². The van der Waals surface area contributed by atoms with Crippen LogP contribution in [0.15, 0.2) is 49.2 Å². The quantitative estimate of drug-likeness (QED) is 0.300. The number of aldehydes is 1. The van der Waals surface area contributed by atoms with Gasteiger partial charge in [-0.1, -0.05) is 25.3 Å². The summed E-state index contributed by atoms with van der Waals surface area (Å²) in [6, 6.07) is 0. The molecule has 0 saturated heterocycles. The standard InChI is InChI=1S/C12H16N2O2S/c1-5-6-8-11(2)13(3)17-14(4)12(16)9-7-10-15/h5-10H,1-2H2,3-4H3/b8-6-,9-7-. The minimum atomic E-state index is -0.269. The van der Waals surface area contributed by atoms with Gasteiger partial charge in [0.1, 0.15) is 6.29 Å². The van der Waals surface area contributed by atoms with Gasteiger partial charge in [0.15, 0.2) is 0 Å². The molecular weight excluding hydrogens is 236 g/mol. The topological polar surface area (TPSA) is 40.6 Å². The molecule has 0 aliphatic rings. The first-order valence-electron chi connectivity index (χ1n) is 4.82. The lowest BCUT2D eigenvalue weighted by Crippen LogP contribution is -2.23. The van der Waals surface area contributed by atoms with Gasteiger partial charge in [0.05, 0.1) is 12.1 Å². The maximum atomic E-state index is 11.4. The zero-order chi connectivity index (χ0) is 13.3. The summed E-state index contributed by atoms with van der Waals surface area (Å²) >= 11 is 1.18. The third-order valence-electron chi connectivity index (χ3n) is 1.70. The lowest BCUT2D eigenvalue weighted by Gasteiger charge is -2.23. The highest BCUT2D eigenvalue weighted by atomic mass is 32.2. The molecule has 4 nitrogen and oxygen atoms in total. The van der Waals surface area contributed by atoms with Crippen molar-refractivity contribution in [2.24, 2.45) is 0 Å². The van der Waals surface area contributed by atoms with Crippen LogP contribution in [-0.2, 0) is 9.59 Å². The van der Waals surface area contributed by atoms with E-state index >= 15 is 0 Å². The fourth-order valence-corrected chi connectivity index (χ4v) is 1.46. The Morgan fingerprint density at radius 1 is 1.18 bits per heavy atom. The molecule has 0 rings (SSSR count). The van der Waals surface area contributed by atoms with Crippen molar-refractivity contribution in [1.29, 1.82) is 0 Å². The average Bonchev–Trinajstić information content (AvgIpc) is 2.32. The van der Waals surface area contributed by atoms with Crippen LogP contribution in [0.2, 0.25) is 0 Å². The second-order valence-corrected chi connectivity index (χ2v) is 4.25. The molecule has 17 heavy (non-hydrogen) atoms. The molecule has 0 saturated carbocycles. The predicted octanol–water partition coefficient (Wildman–Crippen LogP) is 1.95. The Balaban J connectivity index is 4.32. The molecule has 0 aromatic rings. The summed E-state index contributed by atoms with van der Waals surface area (Å²) in [5.74, 6) is -0.269. The van der Waals surface area contributed by atoms with E-state index in [0.717, 1.165) is 11.8 Å². The number of rotatable bonds is 7.